The zero-order chi connectivity index (χ0) is 9.59. The van der Waals surface area contributed by atoms with Crippen molar-refractivity contribution in [3.63, 3.8) is 0 Å². The summed E-state index contributed by atoms with van der Waals surface area (Å²) in [5.74, 6) is 0. The number of aryl methyl sites for hydroxylation is 1. The van der Waals surface area contributed by atoms with Crippen LogP contribution in [0.3, 0.4) is 0 Å². The van der Waals surface area contributed by atoms with Crippen LogP contribution in [0.15, 0.2) is 12.1 Å². The third-order valence-electron chi connectivity index (χ3n) is 1.78. The molecular formula is C7H5Cl2N3O. The first-order valence-electron chi connectivity index (χ1n) is 3.52. The van der Waals surface area contributed by atoms with E-state index in [4.69, 9.17) is 23.2 Å². The summed E-state index contributed by atoms with van der Waals surface area (Å²) in [5.41, 5.74) is 0.848. The fourth-order valence-electron chi connectivity index (χ4n) is 1.23. The molecule has 13 heavy (non-hydrogen) atoms. The highest BCUT2D eigenvalue weighted by Gasteiger charge is 2.17. The van der Waals surface area contributed by atoms with Crippen LogP contribution in [-0.2, 0) is 7.05 Å². The third kappa shape index (κ3) is 1.14. The van der Waals surface area contributed by atoms with Gasteiger partial charge in [-0.2, -0.15) is 0 Å². The van der Waals surface area contributed by atoms with Crippen molar-refractivity contribution in [3.8, 4) is 0 Å². The predicted molar refractivity (Wildman–Crippen MR) is 49.7 cm³/mol. The fourth-order valence-corrected chi connectivity index (χ4v) is 1.73. The molecule has 0 N–H and O–H groups in total. The monoisotopic (exact) mass is 217 g/mol. The molecular weight excluding hydrogens is 213 g/mol. The normalized spacial score (nSPS) is 11.0. The summed E-state index contributed by atoms with van der Waals surface area (Å²) in [5, 5.41) is 15.6. The quantitative estimate of drug-likeness (QED) is 0.497. The average Bonchev–Trinajstić information content (AvgIpc) is 2.36. The molecule has 1 aromatic carbocycles. The molecule has 1 heterocycles. The molecule has 4 nitrogen and oxygen atoms in total. The molecule has 0 radical (unpaired) electrons. The number of hydrogen-bond acceptors (Lipinski definition) is 2. The van der Waals surface area contributed by atoms with Gasteiger partial charge < -0.3 is 5.21 Å². The van der Waals surface area contributed by atoms with Crippen LogP contribution in [-0.4, -0.2) is 9.90 Å². The standard InChI is InChI=1S/C7H5Cl2N3O/c1-11-6-4(8)2-3-5(9)7(6)12(13)10-11/h2-3H,1H3. The van der Waals surface area contributed by atoms with E-state index >= 15 is 0 Å². The fraction of sp³-hybridized carbons (Fsp3) is 0.143. The first-order chi connectivity index (χ1) is 6.11. The van der Waals surface area contributed by atoms with Gasteiger partial charge in [-0.3, -0.25) is 0 Å². The molecule has 2 aromatic rings. The van der Waals surface area contributed by atoms with Crippen molar-refractivity contribution in [1.82, 2.24) is 9.90 Å². The number of nitrogens with zero attached hydrogens (tertiary/aromatic N) is 3. The van der Waals surface area contributed by atoms with Crippen LogP contribution in [0.4, 0.5) is 0 Å². The van der Waals surface area contributed by atoms with Crippen LogP contribution >= 0.6 is 23.2 Å². The van der Waals surface area contributed by atoms with E-state index in [2.05, 4.69) is 5.21 Å². The maximum atomic E-state index is 11.2. The minimum Gasteiger partial charge on any atom is -0.691 e. The van der Waals surface area contributed by atoms with Crippen molar-refractivity contribution in [3.05, 3.63) is 27.4 Å². The second-order valence-corrected chi connectivity index (χ2v) is 3.43. The summed E-state index contributed by atoms with van der Waals surface area (Å²) in [4.78, 5) is 0.462. The molecule has 0 amide bonds. The summed E-state index contributed by atoms with van der Waals surface area (Å²) in [6.07, 6.45) is 0. The van der Waals surface area contributed by atoms with E-state index in [1.165, 1.54) is 4.68 Å². The third-order valence-corrected chi connectivity index (χ3v) is 2.39. The van der Waals surface area contributed by atoms with Gasteiger partial charge in [0, 0.05) is 0 Å². The summed E-state index contributed by atoms with van der Waals surface area (Å²) in [6.45, 7) is 0. The van der Waals surface area contributed by atoms with Crippen molar-refractivity contribution >= 4 is 34.2 Å². The average molecular weight is 218 g/mol. The summed E-state index contributed by atoms with van der Waals surface area (Å²) in [6, 6.07) is 3.20. The van der Waals surface area contributed by atoms with Crippen LogP contribution in [0, 0.1) is 5.21 Å². The highest BCUT2D eigenvalue weighted by Crippen LogP contribution is 2.26. The Morgan fingerprint density at radius 1 is 1.38 bits per heavy atom. The minimum absolute atomic E-state index is 0.302. The van der Waals surface area contributed by atoms with Gasteiger partial charge in [0.1, 0.15) is 7.05 Å². The number of benzene rings is 1. The second kappa shape index (κ2) is 2.75. The van der Waals surface area contributed by atoms with Crippen molar-refractivity contribution in [1.29, 1.82) is 0 Å². The van der Waals surface area contributed by atoms with Gasteiger partial charge in [-0.15, -0.1) is 9.53 Å². The lowest BCUT2D eigenvalue weighted by atomic mass is 10.3. The Balaban J connectivity index is 3.03. The van der Waals surface area contributed by atoms with Crippen LogP contribution in [0.25, 0.3) is 11.0 Å². The summed E-state index contributed by atoms with van der Waals surface area (Å²) in [7, 11) is 1.64. The molecule has 2 rings (SSSR count). The molecule has 0 saturated carbocycles. The van der Waals surface area contributed by atoms with E-state index in [0.29, 0.717) is 25.9 Å². The Morgan fingerprint density at radius 2 is 2.00 bits per heavy atom. The highest BCUT2D eigenvalue weighted by atomic mass is 35.5. The van der Waals surface area contributed by atoms with E-state index in [1.54, 1.807) is 19.2 Å². The largest absolute Gasteiger partial charge is 0.691 e. The molecule has 0 aliphatic heterocycles. The van der Waals surface area contributed by atoms with E-state index in [9.17, 15) is 5.21 Å². The second-order valence-electron chi connectivity index (χ2n) is 2.61. The molecule has 0 aliphatic carbocycles. The lowest BCUT2D eigenvalue weighted by Crippen LogP contribution is -2.29. The smallest absolute Gasteiger partial charge is 0.222 e. The Hall–Kier alpha value is -1.00. The first kappa shape index (κ1) is 8.59. The maximum absolute atomic E-state index is 11.2. The number of aromatic nitrogens is 3. The Morgan fingerprint density at radius 3 is 2.62 bits per heavy atom. The zero-order valence-electron chi connectivity index (χ0n) is 6.66. The van der Waals surface area contributed by atoms with Crippen LogP contribution in [0.2, 0.25) is 10.0 Å². The van der Waals surface area contributed by atoms with Crippen LogP contribution < -0.4 is 4.85 Å². The van der Waals surface area contributed by atoms with Crippen LogP contribution in [0.5, 0.6) is 0 Å². The van der Waals surface area contributed by atoms with Crippen molar-refractivity contribution < 1.29 is 4.85 Å². The van der Waals surface area contributed by atoms with Gasteiger partial charge in [0.15, 0.2) is 0 Å². The Kier molecular flexibility index (Phi) is 1.82. The molecule has 0 aliphatic rings. The molecule has 0 spiro atoms. The lowest BCUT2D eigenvalue weighted by molar-refractivity contribution is -0.646. The van der Waals surface area contributed by atoms with E-state index in [-0.39, 0.29) is 0 Å². The maximum Gasteiger partial charge on any atom is 0.222 e. The zero-order valence-corrected chi connectivity index (χ0v) is 8.17. The molecule has 6 heteroatoms. The van der Waals surface area contributed by atoms with Crippen LogP contribution in [0.1, 0.15) is 0 Å². The Labute approximate surface area is 83.8 Å². The molecule has 1 aromatic heterocycles. The lowest BCUT2D eigenvalue weighted by Gasteiger charge is -1.95. The van der Waals surface area contributed by atoms with Gasteiger partial charge in [0.25, 0.3) is 0 Å². The van der Waals surface area contributed by atoms with Crippen molar-refractivity contribution in [2.24, 2.45) is 7.05 Å². The van der Waals surface area contributed by atoms with Gasteiger partial charge in [-0.1, -0.05) is 23.2 Å². The molecule has 0 unspecified atom stereocenters. The van der Waals surface area contributed by atoms with Gasteiger partial charge in [-0.25, -0.2) is 0 Å². The van der Waals surface area contributed by atoms with Gasteiger partial charge in [0.05, 0.1) is 15.3 Å². The van der Waals surface area contributed by atoms with E-state index < -0.39 is 0 Å². The Bertz CT molecular complexity index is 438. The molecule has 0 atom stereocenters. The topological polar surface area (TPSA) is 44.8 Å². The number of hydrogen-bond donors (Lipinski definition) is 0. The van der Waals surface area contributed by atoms with Crippen molar-refractivity contribution in [2.45, 2.75) is 0 Å². The summed E-state index contributed by atoms with van der Waals surface area (Å²) < 4.78 is 1.40. The summed E-state index contributed by atoms with van der Waals surface area (Å²) >= 11 is 11.7. The molecule has 68 valence electrons. The predicted octanol–water partition coefficient (Wildman–Crippen LogP) is 1.51. The highest BCUT2D eigenvalue weighted by molar-refractivity contribution is 6.39. The minimum atomic E-state index is 0.302. The molecule has 0 saturated heterocycles. The SMILES string of the molecule is Cn1n[n+]([O-])c2c(Cl)ccc(Cl)c21. The number of fused-ring (bicyclic) bond motifs is 1. The van der Waals surface area contributed by atoms with Crippen molar-refractivity contribution in [2.75, 3.05) is 0 Å². The van der Waals surface area contributed by atoms with Gasteiger partial charge >= 0.3 is 0 Å². The van der Waals surface area contributed by atoms with E-state index in [0.717, 1.165) is 0 Å². The molecule has 0 fully saturated rings. The van der Waals surface area contributed by atoms with Gasteiger partial charge in [0.2, 0.25) is 11.0 Å². The number of rotatable bonds is 0. The van der Waals surface area contributed by atoms with E-state index in [1.807, 2.05) is 0 Å². The van der Waals surface area contributed by atoms with Gasteiger partial charge in [-0.05, 0) is 12.1 Å². The number of halogens is 2. The first-order valence-corrected chi connectivity index (χ1v) is 4.27. The molecule has 0 bridgehead atoms.